The number of hydrogen-bond donors (Lipinski definition) is 1. The highest BCUT2D eigenvalue weighted by Crippen LogP contribution is 2.35. The molecule has 2 aliphatic heterocycles. The molecule has 2 bridgehead atoms. The zero-order chi connectivity index (χ0) is 17.2. The number of ether oxygens (including phenoxy) is 1. The van der Waals surface area contributed by atoms with E-state index in [0.29, 0.717) is 24.8 Å². The molecule has 0 spiro atoms. The van der Waals surface area contributed by atoms with E-state index in [1.165, 1.54) is 0 Å². The molecule has 2 heterocycles. The quantitative estimate of drug-likeness (QED) is 0.863. The molecule has 25 heavy (non-hydrogen) atoms. The molecule has 1 aromatic carbocycles. The van der Waals surface area contributed by atoms with Crippen molar-refractivity contribution in [1.82, 2.24) is 5.32 Å². The number of allylic oxidation sites excluding steroid dienone is 3. The highest BCUT2D eigenvalue weighted by molar-refractivity contribution is 5.91. The van der Waals surface area contributed by atoms with Crippen molar-refractivity contribution in [1.29, 1.82) is 0 Å². The van der Waals surface area contributed by atoms with E-state index in [0.717, 1.165) is 11.1 Å². The van der Waals surface area contributed by atoms with Crippen LogP contribution in [0.5, 0.6) is 0 Å². The van der Waals surface area contributed by atoms with Crippen LogP contribution < -0.4 is 5.32 Å². The lowest BCUT2D eigenvalue weighted by Crippen LogP contribution is -2.48. The van der Waals surface area contributed by atoms with Crippen LogP contribution in [0.15, 0.2) is 65.8 Å². The number of carbonyl (C=O) groups is 2. The topological polar surface area (TPSA) is 55.4 Å². The van der Waals surface area contributed by atoms with Crippen molar-refractivity contribution >= 4 is 11.8 Å². The molecule has 0 aromatic heterocycles. The Balaban J connectivity index is 1.59. The van der Waals surface area contributed by atoms with Crippen LogP contribution in [0.2, 0.25) is 0 Å². The SMILES string of the molecule is O=C1CC2CC(C(=O)OCc3ccccc3)=C3C=CC=C[C@@H]3C(C1)N2. The zero-order valence-corrected chi connectivity index (χ0v) is 14.0. The number of esters is 1. The molecule has 0 saturated carbocycles. The lowest BCUT2D eigenvalue weighted by Gasteiger charge is -2.32. The molecule has 1 fully saturated rings. The van der Waals surface area contributed by atoms with Gasteiger partial charge in [0.05, 0.1) is 0 Å². The molecule has 0 radical (unpaired) electrons. The highest BCUT2D eigenvalue weighted by atomic mass is 16.5. The molecule has 1 aromatic rings. The number of Topliss-reactive ketones (excluding diaryl/α,β-unsaturated/α-hetero) is 1. The first-order valence-electron chi connectivity index (χ1n) is 8.77. The minimum Gasteiger partial charge on any atom is -0.457 e. The second kappa shape index (κ2) is 6.81. The molecule has 4 nitrogen and oxygen atoms in total. The zero-order valence-electron chi connectivity index (χ0n) is 14.0. The fourth-order valence-electron chi connectivity index (χ4n) is 3.97. The maximum atomic E-state index is 12.8. The number of piperidine rings is 1. The molecule has 4 heteroatoms. The number of hydrogen-bond acceptors (Lipinski definition) is 4. The van der Waals surface area contributed by atoms with E-state index in [4.69, 9.17) is 4.74 Å². The molecular formula is C21H21NO3. The van der Waals surface area contributed by atoms with Crippen molar-refractivity contribution in [3.05, 3.63) is 71.3 Å². The third-order valence-electron chi connectivity index (χ3n) is 5.13. The van der Waals surface area contributed by atoms with Crippen molar-refractivity contribution in [3.8, 4) is 0 Å². The van der Waals surface area contributed by atoms with Crippen molar-refractivity contribution in [2.75, 3.05) is 0 Å². The number of fused-ring (bicyclic) bond motifs is 4. The summed E-state index contributed by atoms with van der Waals surface area (Å²) in [6.45, 7) is 0.265. The lowest BCUT2D eigenvalue weighted by molar-refractivity contribution is -0.140. The first-order chi connectivity index (χ1) is 12.2. The summed E-state index contributed by atoms with van der Waals surface area (Å²) in [5, 5.41) is 3.55. The Kier molecular flexibility index (Phi) is 4.36. The number of ketones is 1. The van der Waals surface area contributed by atoms with E-state index in [2.05, 4.69) is 11.4 Å². The average molecular weight is 335 g/mol. The number of nitrogens with one attached hydrogen (secondary N) is 1. The van der Waals surface area contributed by atoms with E-state index in [9.17, 15) is 9.59 Å². The molecule has 1 saturated heterocycles. The molecule has 0 amide bonds. The summed E-state index contributed by atoms with van der Waals surface area (Å²) >= 11 is 0. The van der Waals surface area contributed by atoms with Gasteiger partial charge in [-0.2, -0.15) is 0 Å². The van der Waals surface area contributed by atoms with Crippen molar-refractivity contribution in [2.45, 2.75) is 38.0 Å². The van der Waals surface area contributed by atoms with Gasteiger partial charge >= 0.3 is 5.97 Å². The van der Waals surface area contributed by atoms with Gasteiger partial charge in [-0.1, -0.05) is 54.6 Å². The minimum absolute atomic E-state index is 0.0189. The Bertz CT molecular complexity index is 776. The van der Waals surface area contributed by atoms with Gasteiger partial charge in [0.2, 0.25) is 0 Å². The second-order valence-corrected chi connectivity index (χ2v) is 6.89. The fourth-order valence-corrected chi connectivity index (χ4v) is 3.97. The van der Waals surface area contributed by atoms with Gasteiger partial charge in [-0.25, -0.2) is 4.79 Å². The molecule has 3 atom stereocenters. The standard InChI is InChI=1S/C21H21NO3/c23-16-10-15-11-19(21(24)25-13-14-6-2-1-3-7-14)17-8-4-5-9-18(17)20(12-16)22-15/h1-9,15,18,20,22H,10-13H2/t15?,18-,20?/m0/s1. The lowest BCUT2D eigenvalue weighted by atomic mass is 9.83. The third kappa shape index (κ3) is 3.35. The van der Waals surface area contributed by atoms with E-state index in [1.807, 2.05) is 48.6 Å². The normalized spacial score (nSPS) is 27.7. The van der Waals surface area contributed by atoms with Crippen LogP contribution in [0.1, 0.15) is 24.8 Å². The highest BCUT2D eigenvalue weighted by Gasteiger charge is 2.38. The summed E-state index contributed by atoms with van der Waals surface area (Å²) < 4.78 is 5.58. The third-order valence-corrected chi connectivity index (χ3v) is 5.13. The van der Waals surface area contributed by atoms with Gasteiger partial charge in [-0.05, 0) is 17.6 Å². The number of rotatable bonds is 3. The molecular weight excluding hydrogens is 314 g/mol. The Morgan fingerprint density at radius 3 is 2.80 bits per heavy atom. The summed E-state index contributed by atoms with van der Waals surface area (Å²) in [7, 11) is 0. The first-order valence-corrected chi connectivity index (χ1v) is 8.77. The van der Waals surface area contributed by atoms with Crippen LogP contribution in [0.25, 0.3) is 0 Å². The van der Waals surface area contributed by atoms with Gasteiger partial charge in [-0.3, -0.25) is 4.79 Å². The van der Waals surface area contributed by atoms with Crippen molar-refractivity contribution in [3.63, 3.8) is 0 Å². The van der Waals surface area contributed by atoms with Gasteiger partial charge in [0.25, 0.3) is 0 Å². The minimum atomic E-state index is -0.273. The van der Waals surface area contributed by atoms with Gasteiger partial charge in [0.1, 0.15) is 12.4 Å². The molecule has 2 unspecified atom stereocenters. The van der Waals surface area contributed by atoms with Crippen LogP contribution in [-0.4, -0.2) is 23.8 Å². The Morgan fingerprint density at radius 2 is 1.96 bits per heavy atom. The van der Waals surface area contributed by atoms with Crippen molar-refractivity contribution < 1.29 is 14.3 Å². The average Bonchev–Trinajstić information content (AvgIpc) is 2.75. The predicted molar refractivity (Wildman–Crippen MR) is 94.6 cm³/mol. The van der Waals surface area contributed by atoms with Gasteiger partial charge < -0.3 is 10.1 Å². The Hall–Kier alpha value is -2.46. The van der Waals surface area contributed by atoms with E-state index < -0.39 is 0 Å². The summed E-state index contributed by atoms with van der Waals surface area (Å²) in [4.78, 5) is 24.9. The van der Waals surface area contributed by atoms with Gasteiger partial charge in [-0.15, -0.1) is 0 Å². The van der Waals surface area contributed by atoms with E-state index in [-0.39, 0.29) is 36.4 Å². The summed E-state index contributed by atoms with van der Waals surface area (Å²) in [6, 6.07) is 9.77. The van der Waals surface area contributed by atoms with Gasteiger partial charge in [0.15, 0.2) is 0 Å². The van der Waals surface area contributed by atoms with Crippen LogP contribution in [0, 0.1) is 5.92 Å². The molecule has 3 aliphatic rings. The number of carbonyl (C=O) groups excluding carboxylic acids is 2. The summed E-state index contributed by atoms with van der Waals surface area (Å²) in [5.41, 5.74) is 2.67. The largest absolute Gasteiger partial charge is 0.457 e. The first kappa shape index (κ1) is 16.0. The fraction of sp³-hybridized carbons (Fsp3) is 0.333. The number of benzene rings is 1. The Morgan fingerprint density at radius 1 is 1.12 bits per heavy atom. The van der Waals surface area contributed by atoms with Crippen LogP contribution in [0.3, 0.4) is 0 Å². The van der Waals surface area contributed by atoms with Crippen LogP contribution in [0.4, 0.5) is 0 Å². The predicted octanol–water partition coefficient (Wildman–Crippen LogP) is 2.86. The van der Waals surface area contributed by atoms with Crippen LogP contribution in [-0.2, 0) is 20.9 Å². The molecule has 128 valence electrons. The maximum absolute atomic E-state index is 12.8. The molecule has 1 aliphatic carbocycles. The van der Waals surface area contributed by atoms with E-state index in [1.54, 1.807) is 0 Å². The van der Waals surface area contributed by atoms with Crippen LogP contribution >= 0.6 is 0 Å². The van der Waals surface area contributed by atoms with Crippen molar-refractivity contribution in [2.24, 2.45) is 5.92 Å². The monoisotopic (exact) mass is 335 g/mol. The smallest absolute Gasteiger partial charge is 0.334 e. The Labute approximate surface area is 147 Å². The second-order valence-electron chi connectivity index (χ2n) is 6.89. The maximum Gasteiger partial charge on any atom is 0.334 e. The molecule has 1 N–H and O–H groups in total. The van der Waals surface area contributed by atoms with E-state index >= 15 is 0 Å². The summed E-state index contributed by atoms with van der Waals surface area (Å²) in [6.07, 6.45) is 9.57. The molecule has 4 rings (SSSR count). The summed E-state index contributed by atoms with van der Waals surface area (Å²) in [5.74, 6) is 0.0547. The van der Waals surface area contributed by atoms with Gasteiger partial charge in [0, 0.05) is 36.4 Å².